The molecule has 9 nitrogen and oxygen atoms in total. The van der Waals surface area contributed by atoms with Crippen LogP contribution in [-0.4, -0.2) is 80.7 Å². The van der Waals surface area contributed by atoms with Gasteiger partial charge >= 0.3 is 32.1 Å². The van der Waals surface area contributed by atoms with Crippen molar-refractivity contribution in [3.63, 3.8) is 0 Å². The van der Waals surface area contributed by atoms with Crippen LogP contribution in [0.15, 0.2) is 73.1 Å². The minimum atomic E-state index is -2.90. The number of pyridine rings is 4. The fourth-order valence-corrected chi connectivity index (χ4v) is 7.20. The quantitative estimate of drug-likeness (QED) is 0.0523. The Morgan fingerprint density at radius 2 is 1.19 bits per heavy atom. The zero-order valence-electron chi connectivity index (χ0n) is 36.8. The number of aliphatic hydroxyl groups is 1. The van der Waals surface area contributed by atoms with E-state index in [0.717, 1.165) is 94.4 Å². The van der Waals surface area contributed by atoms with Gasteiger partial charge in [-0.05, 0) is 161 Å². The molecule has 4 aromatic rings. The predicted octanol–water partition coefficient (Wildman–Crippen LogP) is 6.43. The van der Waals surface area contributed by atoms with Gasteiger partial charge in [0.05, 0.1) is 6.10 Å². The van der Waals surface area contributed by atoms with E-state index >= 15 is 0 Å². The van der Waals surface area contributed by atoms with Crippen LogP contribution in [0.3, 0.4) is 0 Å². The van der Waals surface area contributed by atoms with Crippen LogP contribution in [0.25, 0.3) is 12.2 Å². The molecule has 0 bridgehead atoms. The number of ketones is 1. The number of allylic oxidation sites excluding steroid dienone is 1. The molecule has 63 heavy (non-hydrogen) atoms. The monoisotopic (exact) mass is 884 g/mol. The summed E-state index contributed by atoms with van der Waals surface area (Å²) < 4.78 is 61.7. The summed E-state index contributed by atoms with van der Waals surface area (Å²) in [6, 6.07) is 14.6. The molecule has 2 aliphatic carbocycles. The molecule has 0 saturated carbocycles. The summed E-state index contributed by atoms with van der Waals surface area (Å²) in [4.78, 5) is 29.1. The number of alkyl halides is 4. The summed E-state index contributed by atoms with van der Waals surface area (Å²) in [5.74, 6) is -0.232. The first-order valence-corrected chi connectivity index (χ1v) is 21.6. The van der Waals surface area contributed by atoms with Crippen LogP contribution >= 0.6 is 0 Å². The van der Waals surface area contributed by atoms with Crippen molar-refractivity contribution in [2.75, 3.05) is 13.2 Å². The number of halogens is 4. The SMILES string of the molecule is C1CCOC1.O=C(/C=C/c1ccc(OC(F)F)nc1)CCCCc1ccc2c(n1)CCCC2.OC(/C=C/c1ccc(OC(F)F)nc1)CCCCc1ccc2c(n1)CCCC2.[AlH3].[H-].[Li+]. The van der Waals surface area contributed by atoms with Crippen molar-refractivity contribution in [3.05, 3.63) is 118 Å². The third kappa shape index (κ3) is 21.1. The molecule has 0 amide bonds. The van der Waals surface area contributed by atoms with Gasteiger partial charge in [0.2, 0.25) is 11.8 Å². The van der Waals surface area contributed by atoms with Gasteiger partial charge in [-0.15, -0.1) is 0 Å². The number of aliphatic hydroxyl groups excluding tert-OH is 1. The van der Waals surface area contributed by atoms with Gasteiger partial charge in [-0.2, -0.15) is 17.6 Å². The van der Waals surface area contributed by atoms with Gasteiger partial charge in [-0.1, -0.05) is 30.7 Å². The van der Waals surface area contributed by atoms with Crippen molar-refractivity contribution >= 4 is 35.3 Å². The Kier molecular flexibility index (Phi) is 25.7. The molecule has 1 atom stereocenters. The first-order valence-electron chi connectivity index (χ1n) is 21.6. The first-order chi connectivity index (χ1) is 29.7. The Morgan fingerprint density at radius 1 is 0.683 bits per heavy atom. The number of nitrogens with zero attached hydrogens (tertiary/aromatic N) is 4. The maximum absolute atomic E-state index is 12.1. The molecule has 0 spiro atoms. The number of hydrogen-bond acceptors (Lipinski definition) is 9. The van der Waals surface area contributed by atoms with Gasteiger partial charge in [-0.3, -0.25) is 14.8 Å². The largest absolute Gasteiger partial charge is 1.00 e. The van der Waals surface area contributed by atoms with Crippen molar-refractivity contribution in [2.24, 2.45) is 0 Å². The average Bonchev–Trinajstić information content (AvgIpc) is 3.87. The Balaban J connectivity index is 0.000000379. The minimum absolute atomic E-state index is 0. The molecule has 15 heteroatoms. The molecule has 0 radical (unpaired) electrons. The Labute approximate surface area is 393 Å². The molecule has 1 N–H and O–H groups in total. The fraction of sp³-hybridized carbons (Fsp3) is 0.479. The number of carbonyl (C=O) groups excluding carboxylic acids is 1. The molecule has 7 rings (SSSR count). The standard InChI is InChI=1S/C22H26F2N2O2.C22H24F2N2O2.C4H8O.Al.Li.4H/c2*23-22(24)28-21-14-10-16(15-25-21)9-13-19(27)7-3-2-6-18-12-11-17-5-1-4-8-20(17)26-18;1-2-4-5-3-1;;;;;;/h9-15,19,22,27H,1-8H2;9-15,22H,1-8H2;1-4H2;;;;;;/q;;;;+1;;;;-1/b2*13-9+;;;;;;;. The zero-order chi connectivity index (χ0) is 43.1. The molecule has 5 heterocycles. The van der Waals surface area contributed by atoms with E-state index in [2.05, 4.69) is 43.7 Å². The van der Waals surface area contributed by atoms with Crippen LogP contribution in [0.4, 0.5) is 17.6 Å². The van der Waals surface area contributed by atoms with Crippen molar-refractivity contribution in [1.29, 1.82) is 0 Å². The number of fused-ring (bicyclic) bond motifs is 2. The van der Waals surface area contributed by atoms with Crippen molar-refractivity contribution < 1.29 is 62.0 Å². The molecule has 1 aliphatic heterocycles. The summed E-state index contributed by atoms with van der Waals surface area (Å²) in [7, 11) is 0. The van der Waals surface area contributed by atoms with Crippen molar-refractivity contribution in [2.45, 2.75) is 135 Å². The van der Waals surface area contributed by atoms with Gasteiger partial charge in [-0.25, -0.2) is 9.97 Å². The van der Waals surface area contributed by atoms with Gasteiger partial charge in [0.15, 0.2) is 23.1 Å². The van der Waals surface area contributed by atoms with Crippen LogP contribution in [0, 0.1) is 0 Å². The normalized spacial score (nSPS) is 14.7. The van der Waals surface area contributed by atoms with E-state index in [1.165, 1.54) is 91.6 Å². The zero-order valence-corrected chi connectivity index (χ0v) is 35.8. The van der Waals surface area contributed by atoms with E-state index in [1.807, 2.05) is 0 Å². The number of aryl methyl sites for hydroxylation is 6. The van der Waals surface area contributed by atoms with Crippen LogP contribution in [0.5, 0.6) is 11.8 Å². The van der Waals surface area contributed by atoms with Crippen molar-refractivity contribution in [3.8, 4) is 11.8 Å². The Hall–Kier alpha value is -3.88. The molecule has 3 aliphatic rings. The van der Waals surface area contributed by atoms with Gasteiger partial charge < -0.3 is 20.7 Å². The summed E-state index contributed by atoms with van der Waals surface area (Å²) >= 11 is 0. The van der Waals surface area contributed by atoms with E-state index < -0.39 is 19.3 Å². The van der Waals surface area contributed by atoms with Crippen LogP contribution in [0.1, 0.15) is 124 Å². The molecule has 1 unspecified atom stereocenters. The van der Waals surface area contributed by atoms with Crippen molar-refractivity contribution in [1.82, 2.24) is 19.9 Å². The minimum Gasteiger partial charge on any atom is -1.00 e. The van der Waals surface area contributed by atoms with E-state index in [-0.39, 0.29) is 55.2 Å². The molecule has 0 aromatic carbocycles. The second-order valence-corrected chi connectivity index (χ2v) is 15.3. The Morgan fingerprint density at radius 3 is 1.67 bits per heavy atom. The summed E-state index contributed by atoms with van der Waals surface area (Å²) in [5.41, 5.74) is 8.94. The first kappa shape index (κ1) is 53.5. The van der Waals surface area contributed by atoms with Gasteiger partial charge in [0.25, 0.3) is 0 Å². The maximum Gasteiger partial charge on any atom is 1.00 e. The van der Waals surface area contributed by atoms with E-state index in [0.29, 0.717) is 18.4 Å². The molecular weight excluding hydrogens is 822 g/mol. The fourth-order valence-electron chi connectivity index (χ4n) is 7.20. The predicted molar refractivity (Wildman–Crippen MR) is 239 cm³/mol. The summed E-state index contributed by atoms with van der Waals surface area (Å²) in [6.07, 6.45) is 27.4. The van der Waals surface area contributed by atoms with Gasteiger partial charge in [0.1, 0.15) is 0 Å². The van der Waals surface area contributed by atoms with E-state index in [4.69, 9.17) is 14.7 Å². The third-order valence-corrected chi connectivity index (χ3v) is 10.5. The molecule has 1 saturated heterocycles. The molecular formula is C48H62AlF4LiN4O5. The summed E-state index contributed by atoms with van der Waals surface area (Å²) in [5, 5.41) is 10.1. The average molecular weight is 885 g/mol. The number of aromatic nitrogens is 4. The third-order valence-electron chi connectivity index (χ3n) is 10.5. The molecule has 1 fully saturated rings. The number of unbranched alkanes of at least 4 members (excludes halogenated alkanes) is 2. The van der Waals surface area contributed by atoms with Crippen LogP contribution < -0.4 is 28.3 Å². The smallest absolute Gasteiger partial charge is 1.00 e. The second kappa shape index (κ2) is 30.3. The number of carbonyl (C=O) groups is 1. The Bertz CT molecular complexity index is 1970. The number of hydrogen-bond donors (Lipinski definition) is 1. The number of ether oxygens (including phenoxy) is 3. The topological polar surface area (TPSA) is 117 Å². The number of rotatable bonds is 18. The molecule has 4 aromatic heterocycles. The van der Waals surface area contributed by atoms with Crippen LogP contribution in [0.2, 0.25) is 0 Å². The van der Waals surface area contributed by atoms with Crippen LogP contribution in [-0.2, 0) is 48.1 Å². The van der Waals surface area contributed by atoms with Gasteiger partial charge in [0, 0.05) is 66.9 Å². The van der Waals surface area contributed by atoms with E-state index in [9.17, 15) is 27.5 Å². The molecule has 336 valence electrons. The van der Waals surface area contributed by atoms with E-state index in [1.54, 1.807) is 30.4 Å². The second-order valence-electron chi connectivity index (χ2n) is 15.3. The summed E-state index contributed by atoms with van der Waals surface area (Å²) in [6.45, 7) is -3.78. The maximum atomic E-state index is 12.1.